The first-order valence-electron chi connectivity index (χ1n) is 5.17. The number of thiazole rings is 1. The number of carboxylic acids is 1. The molecule has 0 fully saturated rings. The molecule has 2 aromatic rings. The van der Waals surface area contributed by atoms with Gasteiger partial charge in [0.1, 0.15) is 5.01 Å². The minimum absolute atomic E-state index is 0.149. The maximum atomic E-state index is 10.3. The maximum Gasteiger partial charge on any atom is 0.304 e. The van der Waals surface area contributed by atoms with Crippen molar-refractivity contribution in [3.8, 4) is 9.88 Å². The normalized spacial score (nSPS) is 10.6. The average molecular weight is 268 g/mol. The van der Waals surface area contributed by atoms with E-state index in [9.17, 15) is 4.79 Å². The molecule has 2 rings (SSSR count). The topological polar surface area (TPSA) is 62.2 Å². The van der Waals surface area contributed by atoms with E-state index in [1.165, 1.54) is 4.88 Å². The highest BCUT2D eigenvalue weighted by molar-refractivity contribution is 7.20. The fourth-order valence-corrected chi connectivity index (χ4v) is 3.00. The molecule has 2 N–H and O–H groups in total. The van der Waals surface area contributed by atoms with Gasteiger partial charge in [0.05, 0.1) is 11.3 Å². The summed E-state index contributed by atoms with van der Waals surface area (Å²) in [4.78, 5) is 17.0. The van der Waals surface area contributed by atoms with Crippen molar-refractivity contribution in [2.24, 2.45) is 0 Å². The lowest BCUT2D eigenvalue weighted by molar-refractivity contribution is -0.136. The van der Waals surface area contributed by atoms with Crippen LogP contribution in [0.5, 0.6) is 0 Å². The Balaban J connectivity index is 1.84. The van der Waals surface area contributed by atoms with Gasteiger partial charge in [-0.3, -0.25) is 4.79 Å². The van der Waals surface area contributed by atoms with Gasteiger partial charge in [0, 0.05) is 24.2 Å². The molecular weight excluding hydrogens is 256 g/mol. The van der Waals surface area contributed by atoms with Crippen molar-refractivity contribution < 1.29 is 9.90 Å². The number of carboxylic acid groups (broad SMARTS) is 1. The SMILES string of the molecule is O=C(O)CCNCc1cnc(-c2cccs2)s1. The first kappa shape index (κ1) is 12.2. The molecule has 2 aromatic heterocycles. The fourth-order valence-electron chi connectivity index (χ4n) is 1.31. The third-order valence-electron chi connectivity index (χ3n) is 2.10. The maximum absolute atomic E-state index is 10.3. The average Bonchev–Trinajstić information content (AvgIpc) is 2.94. The molecule has 0 bridgehead atoms. The second-order valence-electron chi connectivity index (χ2n) is 3.43. The summed E-state index contributed by atoms with van der Waals surface area (Å²) in [5, 5.41) is 14.6. The number of nitrogens with zero attached hydrogens (tertiary/aromatic N) is 1. The van der Waals surface area contributed by atoms with Crippen LogP contribution in [0.4, 0.5) is 0 Å². The van der Waals surface area contributed by atoms with Crippen LogP contribution in [-0.2, 0) is 11.3 Å². The first-order valence-corrected chi connectivity index (χ1v) is 6.86. The Bertz CT molecular complexity index is 479. The highest BCUT2D eigenvalue weighted by atomic mass is 32.1. The predicted molar refractivity (Wildman–Crippen MR) is 69.4 cm³/mol. The van der Waals surface area contributed by atoms with Crippen molar-refractivity contribution >= 4 is 28.6 Å². The van der Waals surface area contributed by atoms with Gasteiger partial charge in [0.2, 0.25) is 0 Å². The van der Waals surface area contributed by atoms with Crippen LogP contribution in [0.25, 0.3) is 9.88 Å². The number of nitrogens with one attached hydrogen (secondary N) is 1. The zero-order valence-corrected chi connectivity index (χ0v) is 10.7. The van der Waals surface area contributed by atoms with Crippen molar-refractivity contribution in [2.75, 3.05) is 6.54 Å². The number of aromatic nitrogens is 1. The summed E-state index contributed by atoms with van der Waals surface area (Å²) >= 11 is 3.31. The lowest BCUT2D eigenvalue weighted by Crippen LogP contribution is -2.16. The van der Waals surface area contributed by atoms with E-state index in [0.717, 1.165) is 9.88 Å². The van der Waals surface area contributed by atoms with E-state index >= 15 is 0 Å². The zero-order chi connectivity index (χ0) is 12.1. The minimum Gasteiger partial charge on any atom is -0.481 e. The molecule has 0 saturated heterocycles. The van der Waals surface area contributed by atoms with Crippen LogP contribution in [0.15, 0.2) is 23.7 Å². The Morgan fingerprint density at radius 1 is 1.53 bits per heavy atom. The lowest BCUT2D eigenvalue weighted by Gasteiger charge is -1.98. The molecule has 0 aliphatic carbocycles. The third kappa shape index (κ3) is 3.62. The molecule has 0 unspecified atom stereocenters. The molecule has 0 atom stereocenters. The van der Waals surface area contributed by atoms with Crippen LogP contribution in [0.1, 0.15) is 11.3 Å². The Labute approximate surface area is 107 Å². The Hall–Kier alpha value is -1.24. The second kappa shape index (κ2) is 5.90. The van der Waals surface area contributed by atoms with E-state index < -0.39 is 5.97 Å². The molecule has 0 aromatic carbocycles. The Morgan fingerprint density at radius 3 is 3.12 bits per heavy atom. The standard InChI is InChI=1S/C11H12N2O2S2/c14-10(15)3-4-12-6-8-7-13-11(17-8)9-2-1-5-16-9/h1-2,5,7,12H,3-4,6H2,(H,14,15). The van der Waals surface area contributed by atoms with E-state index in [1.54, 1.807) is 22.7 Å². The number of hydrogen-bond acceptors (Lipinski definition) is 5. The highest BCUT2D eigenvalue weighted by Crippen LogP contribution is 2.28. The van der Waals surface area contributed by atoms with Crippen LogP contribution in [0, 0.1) is 0 Å². The van der Waals surface area contributed by atoms with Crippen LogP contribution in [-0.4, -0.2) is 22.6 Å². The minimum atomic E-state index is -0.777. The molecule has 0 aliphatic heterocycles. The zero-order valence-electron chi connectivity index (χ0n) is 9.05. The Morgan fingerprint density at radius 2 is 2.41 bits per heavy atom. The van der Waals surface area contributed by atoms with Gasteiger partial charge in [-0.05, 0) is 11.4 Å². The summed E-state index contributed by atoms with van der Waals surface area (Å²) < 4.78 is 0. The Kier molecular flexibility index (Phi) is 4.24. The molecule has 17 heavy (non-hydrogen) atoms. The van der Waals surface area contributed by atoms with Gasteiger partial charge in [-0.1, -0.05) is 6.07 Å². The second-order valence-corrected chi connectivity index (χ2v) is 5.49. The monoisotopic (exact) mass is 268 g/mol. The molecule has 0 spiro atoms. The van der Waals surface area contributed by atoms with Gasteiger partial charge in [-0.15, -0.1) is 22.7 Å². The molecule has 0 saturated carbocycles. The number of hydrogen-bond donors (Lipinski definition) is 2. The van der Waals surface area contributed by atoms with Gasteiger partial charge >= 0.3 is 5.97 Å². The van der Waals surface area contributed by atoms with E-state index in [4.69, 9.17) is 5.11 Å². The van der Waals surface area contributed by atoms with Crippen molar-refractivity contribution in [1.29, 1.82) is 0 Å². The van der Waals surface area contributed by atoms with Crippen molar-refractivity contribution in [2.45, 2.75) is 13.0 Å². The molecule has 0 aliphatic rings. The molecule has 0 amide bonds. The van der Waals surface area contributed by atoms with E-state index in [2.05, 4.69) is 10.3 Å². The molecule has 6 heteroatoms. The smallest absolute Gasteiger partial charge is 0.304 e. The van der Waals surface area contributed by atoms with Gasteiger partial charge < -0.3 is 10.4 Å². The summed E-state index contributed by atoms with van der Waals surface area (Å²) in [5.74, 6) is -0.777. The number of rotatable bonds is 6. The predicted octanol–water partition coefficient (Wildman–Crippen LogP) is 2.44. The van der Waals surface area contributed by atoms with Crippen molar-refractivity contribution in [3.05, 3.63) is 28.6 Å². The lowest BCUT2D eigenvalue weighted by atomic mass is 10.4. The largest absolute Gasteiger partial charge is 0.481 e. The molecule has 2 heterocycles. The molecular formula is C11H12N2O2S2. The van der Waals surface area contributed by atoms with Crippen LogP contribution < -0.4 is 5.32 Å². The van der Waals surface area contributed by atoms with Crippen molar-refractivity contribution in [1.82, 2.24) is 10.3 Å². The molecule has 0 radical (unpaired) electrons. The number of thiophene rings is 1. The first-order chi connectivity index (χ1) is 8.25. The van der Waals surface area contributed by atoms with E-state index in [1.807, 2.05) is 23.7 Å². The van der Waals surface area contributed by atoms with Gasteiger partial charge in [0.25, 0.3) is 0 Å². The summed E-state index contributed by atoms with van der Waals surface area (Å²) in [6, 6.07) is 4.05. The molecule has 4 nitrogen and oxygen atoms in total. The number of aliphatic carboxylic acids is 1. The highest BCUT2D eigenvalue weighted by Gasteiger charge is 2.05. The molecule has 90 valence electrons. The van der Waals surface area contributed by atoms with E-state index in [-0.39, 0.29) is 6.42 Å². The van der Waals surface area contributed by atoms with Gasteiger partial charge in [0.15, 0.2) is 0 Å². The van der Waals surface area contributed by atoms with Crippen LogP contribution >= 0.6 is 22.7 Å². The summed E-state index contributed by atoms with van der Waals surface area (Å²) in [7, 11) is 0. The van der Waals surface area contributed by atoms with Gasteiger partial charge in [-0.2, -0.15) is 0 Å². The van der Waals surface area contributed by atoms with E-state index in [0.29, 0.717) is 13.1 Å². The quantitative estimate of drug-likeness (QED) is 0.790. The van der Waals surface area contributed by atoms with Gasteiger partial charge in [-0.25, -0.2) is 4.98 Å². The summed E-state index contributed by atoms with van der Waals surface area (Å²) in [5.41, 5.74) is 0. The van der Waals surface area contributed by atoms with Crippen molar-refractivity contribution in [3.63, 3.8) is 0 Å². The summed E-state index contributed by atoms with van der Waals surface area (Å²) in [6.07, 6.45) is 1.99. The van der Waals surface area contributed by atoms with Crippen LogP contribution in [0.2, 0.25) is 0 Å². The van der Waals surface area contributed by atoms with Crippen LogP contribution in [0.3, 0.4) is 0 Å². The number of carbonyl (C=O) groups is 1. The third-order valence-corrected chi connectivity index (χ3v) is 4.14. The fraction of sp³-hybridized carbons (Fsp3) is 0.273. The summed E-state index contributed by atoms with van der Waals surface area (Å²) in [6.45, 7) is 1.16.